The van der Waals surface area contributed by atoms with E-state index in [4.69, 9.17) is 0 Å². The van der Waals surface area contributed by atoms with Crippen molar-refractivity contribution in [2.24, 2.45) is 5.92 Å². The van der Waals surface area contributed by atoms with E-state index in [0.29, 0.717) is 5.92 Å². The van der Waals surface area contributed by atoms with Crippen LogP contribution >= 0.6 is 26.3 Å². The van der Waals surface area contributed by atoms with E-state index in [2.05, 4.69) is 76.9 Å². The van der Waals surface area contributed by atoms with Gasteiger partial charge in [-0.3, -0.25) is 0 Å². The van der Waals surface area contributed by atoms with E-state index in [0.717, 1.165) is 0 Å². The van der Waals surface area contributed by atoms with Gasteiger partial charge < -0.3 is 0 Å². The Morgan fingerprint density at radius 2 is 1.60 bits per heavy atom. The molecule has 0 atom stereocenters. The molecule has 0 N–H and O–H groups in total. The number of allylic oxidation sites excluding steroid dienone is 1. The molecule has 0 bridgehead atoms. The van der Waals surface area contributed by atoms with Gasteiger partial charge in [0.1, 0.15) is 0 Å². The zero-order valence-corrected chi connectivity index (χ0v) is 13.5. The normalized spacial score (nSPS) is 12.7. The summed E-state index contributed by atoms with van der Waals surface area (Å²) in [6.45, 7) is 4.46. The van der Waals surface area contributed by atoms with Gasteiger partial charge in [0, 0.05) is 6.42 Å². The number of benzene rings is 1. The van der Waals surface area contributed by atoms with Gasteiger partial charge in [0.25, 0.3) is 0 Å². The molecule has 1 aliphatic carbocycles. The van der Waals surface area contributed by atoms with Gasteiger partial charge in [-0.2, -0.15) is 0 Å². The summed E-state index contributed by atoms with van der Waals surface area (Å²) in [5, 5.41) is 0. The van der Waals surface area contributed by atoms with Crippen molar-refractivity contribution in [1.29, 1.82) is 0 Å². The van der Waals surface area contributed by atoms with Crippen LogP contribution in [0.2, 0.25) is 0 Å². The predicted molar refractivity (Wildman–Crippen MR) is 70.5 cm³/mol. The molecule has 1 aliphatic rings. The number of halogens is 2. The van der Waals surface area contributed by atoms with Crippen LogP contribution in [0.15, 0.2) is 29.8 Å². The van der Waals surface area contributed by atoms with Crippen molar-refractivity contribution >= 4 is 32.4 Å². The van der Waals surface area contributed by atoms with Crippen LogP contribution in [0, 0.1) is 12.3 Å². The Labute approximate surface area is 114 Å². The van der Waals surface area contributed by atoms with E-state index in [9.17, 15) is 0 Å². The monoisotopic (exact) mass is 363 g/mol. The molecule has 1 aromatic rings. The van der Waals surface area contributed by atoms with Gasteiger partial charge in [-0.25, -0.2) is 0 Å². The number of fused-ring (bicyclic) bond motifs is 1. The van der Waals surface area contributed by atoms with Crippen molar-refractivity contribution in [3.8, 4) is 0 Å². The topological polar surface area (TPSA) is 0 Å². The molecule has 15 heavy (non-hydrogen) atoms. The zero-order valence-electron chi connectivity index (χ0n) is 8.80. The van der Waals surface area contributed by atoms with E-state index < -0.39 is 0 Å². The maximum atomic E-state index is 3.19. The zero-order chi connectivity index (χ0) is 11.3. The number of rotatable bonds is 1. The summed E-state index contributed by atoms with van der Waals surface area (Å²) >= 11 is 6.50. The second-order valence-corrected chi connectivity index (χ2v) is 11.5. The molecule has 79 valence electrons. The SMILES string of the molecule is CC(C)C1=Cc2ccccc2[CH]1.[Br][Ti][Br]. The molecule has 0 fully saturated rings. The summed E-state index contributed by atoms with van der Waals surface area (Å²) in [4.78, 5) is 0. The maximum absolute atomic E-state index is 3.19. The van der Waals surface area contributed by atoms with Crippen molar-refractivity contribution in [3.05, 3.63) is 47.4 Å². The third kappa shape index (κ3) is 4.18. The Balaban J connectivity index is 0.000000337. The third-order valence-electron chi connectivity index (χ3n) is 2.31. The van der Waals surface area contributed by atoms with Crippen molar-refractivity contribution < 1.29 is 15.0 Å². The van der Waals surface area contributed by atoms with E-state index in [1.54, 1.807) is 0 Å². The summed E-state index contributed by atoms with van der Waals surface area (Å²) in [6.07, 6.45) is 4.56. The molecule has 0 amide bonds. The van der Waals surface area contributed by atoms with Gasteiger partial charge in [0.15, 0.2) is 0 Å². The first-order chi connectivity index (χ1) is 7.19. The molecule has 2 rings (SSSR count). The Morgan fingerprint density at radius 1 is 1.07 bits per heavy atom. The summed E-state index contributed by atoms with van der Waals surface area (Å²) < 4.78 is 0. The van der Waals surface area contributed by atoms with E-state index >= 15 is 0 Å². The van der Waals surface area contributed by atoms with Gasteiger partial charge in [-0.1, -0.05) is 49.8 Å². The fourth-order valence-electron chi connectivity index (χ4n) is 1.51. The van der Waals surface area contributed by atoms with E-state index in [1.807, 2.05) is 0 Å². The number of hydrogen-bond donors (Lipinski definition) is 0. The molecule has 0 saturated heterocycles. The van der Waals surface area contributed by atoms with Crippen molar-refractivity contribution in [1.82, 2.24) is 0 Å². The van der Waals surface area contributed by atoms with Crippen LogP contribution in [-0.4, -0.2) is 0 Å². The van der Waals surface area contributed by atoms with Crippen LogP contribution in [0.4, 0.5) is 0 Å². The quantitative estimate of drug-likeness (QED) is 0.616. The molecule has 1 radical (unpaired) electrons. The van der Waals surface area contributed by atoms with Crippen LogP contribution in [0.1, 0.15) is 25.0 Å². The van der Waals surface area contributed by atoms with Crippen molar-refractivity contribution in [2.45, 2.75) is 13.8 Å². The fraction of sp³-hybridized carbons (Fsp3) is 0.250. The Morgan fingerprint density at radius 3 is 2.07 bits per heavy atom. The molecule has 3 heteroatoms. The van der Waals surface area contributed by atoms with Crippen LogP contribution in [0.5, 0.6) is 0 Å². The summed E-state index contributed by atoms with van der Waals surface area (Å²) in [5.74, 6) is 0.636. The second kappa shape index (κ2) is 7.06. The third-order valence-corrected chi connectivity index (χ3v) is 2.31. The van der Waals surface area contributed by atoms with Gasteiger partial charge in [-0.05, 0) is 17.0 Å². The van der Waals surface area contributed by atoms with E-state index in [1.165, 1.54) is 16.7 Å². The van der Waals surface area contributed by atoms with Gasteiger partial charge in [0.05, 0.1) is 0 Å². The molecule has 0 nitrogen and oxygen atoms in total. The minimum absolute atomic E-state index is 0.125. The number of hydrogen-bond acceptors (Lipinski definition) is 0. The van der Waals surface area contributed by atoms with Gasteiger partial charge in [-0.15, -0.1) is 0 Å². The van der Waals surface area contributed by atoms with Crippen LogP contribution in [0.3, 0.4) is 0 Å². The molecular formula is C12H13Br2Ti. The molecule has 0 saturated carbocycles. The summed E-state index contributed by atoms with van der Waals surface area (Å²) in [7, 11) is 0. The molecule has 0 unspecified atom stereocenters. The Bertz CT molecular complexity index is 345. The molecular weight excluding hydrogens is 352 g/mol. The first-order valence-electron chi connectivity index (χ1n) is 4.80. The first kappa shape index (κ1) is 13.7. The average molecular weight is 365 g/mol. The van der Waals surface area contributed by atoms with Crippen LogP contribution < -0.4 is 0 Å². The molecule has 0 aromatic heterocycles. The standard InChI is InChI=1S/C12H13.2BrH.Ti/c1-9(2)12-7-10-5-3-4-6-11(10)8-12;;;/h3-9H,1-2H3;2*1H;/q;;;+2/p-2. The average Bonchev–Trinajstić information content (AvgIpc) is 2.62. The first-order valence-corrected chi connectivity index (χ1v) is 12.5. The fourth-order valence-corrected chi connectivity index (χ4v) is 1.51. The molecule has 0 spiro atoms. The minimum atomic E-state index is 0.125. The molecule has 0 heterocycles. The molecule has 0 aliphatic heterocycles. The Hall–Kier alpha value is 0.634. The molecule has 1 aromatic carbocycles. The van der Waals surface area contributed by atoms with Gasteiger partial charge >= 0.3 is 41.3 Å². The van der Waals surface area contributed by atoms with Crippen LogP contribution in [0.25, 0.3) is 6.08 Å². The summed E-state index contributed by atoms with van der Waals surface area (Å²) in [5.41, 5.74) is 4.17. The predicted octanol–water partition coefficient (Wildman–Crippen LogP) is 4.98. The van der Waals surface area contributed by atoms with Crippen LogP contribution in [-0.2, 0) is 15.0 Å². The van der Waals surface area contributed by atoms with Crippen molar-refractivity contribution in [2.75, 3.05) is 0 Å². The Kier molecular flexibility index (Phi) is 6.44. The van der Waals surface area contributed by atoms with E-state index in [-0.39, 0.29) is 15.0 Å². The summed E-state index contributed by atoms with van der Waals surface area (Å²) in [6, 6.07) is 8.52. The van der Waals surface area contributed by atoms with Crippen molar-refractivity contribution in [3.63, 3.8) is 0 Å². The second-order valence-electron chi connectivity index (χ2n) is 3.64. The van der Waals surface area contributed by atoms with Gasteiger partial charge in [0.2, 0.25) is 0 Å².